The summed E-state index contributed by atoms with van der Waals surface area (Å²) < 4.78 is 10.4. The molecular formula is C54H32N8O. The summed E-state index contributed by atoms with van der Waals surface area (Å²) in [6.07, 6.45) is 3.36. The Kier molecular flexibility index (Phi) is 7.70. The zero-order valence-electron chi connectivity index (χ0n) is 33.5. The van der Waals surface area contributed by atoms with Crippen LogP contribution in [0.4, 0.5) is 0 Å². The van der Waals surface area contributed by atoms with Crippen LogP contribution in [0, 0.1) is 0 Å². The molecule has 0 fully saturated rings. The average Bonchev–Trinajstić information content (AvgIpc) is 4.01. The molecule has 0 aliphatic carbocycles. The van der Waals surface area contributed by atoms with E-state index in [9.17, 15) is 0 Å². The zero-order valence-corrected chi connectivity index (χ0v) is 33.5. The van der Waals surface area contributed by atoms with Crippen LogP contribution in [0.3, 0.4) is 0 Å². The number of pyridine rings is 1. The Labute approximate surface area is 359 Å². The lowest BCUT2D eigenvalue weighted by Gasteiger charge is -2.12. The van der Waals surface area contributed by atoms with Crippen LogP contribution in [0.5, 0.6) is 0 Å². The molecule has 294 valence electrons. The van der Waals surface area contributed by atoms with E-state index in [-0.39, 0.29) is 0 Å². The summed E-state index contributed by atoms with van der Waals surface area (Å²) in [6.45, 7) is 0. The Hall–Kier alpha value is -8.82. The van der Waals surface area contributed by atoms with Gasteiger partial charge in [0, 0.05) is 55.9 Å². The van der Waals surface area contributed by atoms with E-state index in [1.807, 2.05) is 66.7 Å². The van der Waals surface area contributed by atoms with Crippen LogP contribution in [-0.2, 0) is 0 Å². The number of benzene rings is 7. The van der Waals surface area contributed by atoms with E-state index >= 15 is 0 Å². The van der Waals surface area contributed by atoms with E-state index in [1.54, 1.807) is 12.5 Å². The van der Waals surface area contributed by atoms with Gasteiger partial charge in [-0.15, -0.1) is 0 Å². The fourth-order valence-electron chi connectivity index (χ4n) is 9.06. The van der Waals surface area contributed by atoms with Gasteiger partial charge < -0.3 is 4.42 Å². The van der Waals surface area contributed by atoms with Crippen LogP contribution >= 0.6 is 0 Å². The summed E-state index contributed by atoms with van der Waals surface area (Å²) in [6, 6.07) is 62.7. The van der Waals surface area contributed by atoms with Gasteiger partial charge in [0.15, 0.2) is 17.2 Å². The van der Waals surface area contributed by atoms with Gasteiger partial charge in [0.25, 0.3) is 0 Å². The first kappa shape index (κ1) is 35.0. The molecule has 0 aliphatic rings. The van der Waals surface area contributed by atoms with E-state index < -0.39 is 0 Å². The summed E-state index contributed by atoms with van der Waals surface area (Å²) >= 11 is 0. The molecule has 0 atom stereocenters. The molecule has 0 spiro atoms. The van der Waals surface area contributed by atoms with Gasteiger partial charge in [-0.1, -0.05) is 115 Å². The van der Waals surface area contributed by atoms with Gasteiger partial charge in [-0.2, -0.15) is 4.98 Å². The SMILES string of the molecule is c1ccc(-c2cc(-n3c4ccccc4c4ccc(-c5ccc6c(c5)c5ccccc5n6-c5ncnc(-c6ccc7oc8cccnc8c7c6)n5)cc43)nc(-c3ccccc3)n2)cc1. The Balaban J connectivity index is 0.961. The van der Waals surface area contributed by atoms with Crippen LogP contribution in [0.2, 0.25) is 0 Å². The van der Waals surface area contributed by atoms with Gasteiger partial charge in [-0.05, 0) is 71.8 Å². The van der Waals surface area contributed by atoms with Crippen molar-refractivity contribution < 1.29 is 4.42 Å². The zero-order chi connectivity index (χ0) is 41.4. The summed E-state index contributed by atoms with van der Waals surface area (Å²) in [5.74, 6) is 2.57. The van der Waals surface area contributed by atoms with Crippen LogP contribution in [0.15, 0.2) is 199 Å². The first-order valence-electron chi connectivity index (χ1n) is 20.8. The van der Waals surface area contributed by atoms with Crippen molar-refractivity contribution in [2.45, 2.75) is 0 Å². The van der Waals surface area contributed by atoms with Crippen molar-refractivity contribution in [1.82, 2.24) is 39.0 Å². The maximum atomic E-state index is 6.04. The lowest BCUT2D eigenvalue weighted by atomic mass is 10.0. The fraction of sp³-hybridized carbons (Fsp3) is 0. The van der Waals surface area contributed by atoms with Gasteiger partial charge in [-0.25, -0.2) is 19.9 Å². The molecule has 0 N–H and O–H groups in total. The molecule has 0 saturated carbocycles. The first-order chi connectivity index (χ1) is 31.2. The van der Waals surface area contributed by atoms with Gasteiger partial charge in [0.05, 0.1) is 27.8 Å². The maximum Gasteiger partial charge on any atom is 0.238 e. The third kappa shape index (κ3) is 5.64. The maximum absolute atomic E-state index is 6.04. The highest BCUT2D eigenvalue weighted by molar-refractivity contribution is 6.12. The predicted molar refractivity (Wildman–Crippen MR) is 251 cm³/mol. The average molecular weight is 809 g/mol. The fourth-order valence-corrected chi connectivity index (χ4v) is 9.06. The molecule has 6 heterocycles. The highest BCUT2D eigenvalue weighted by Crippen LogP contribution is 2.39. The largest absolute Gasteiger partial charge is 0.454 e. The molecule has 0 unspecified atom stereocenters. The summed E-state index contributed by atoms with van der Waals surface area (Å²) in [5, 5.41) is 5.42. The number of hydrogen-bond acceptors (Lipinski definition) is 7. The Morgan fingerprint density at radius 1 is 0.365 bits per heavy atom. The van der Waals surface area contributed by atoms with Gasteiger partial charge in [0.1, 0.15) is 23.2 Å². The molecule has 7 aromatic carbocycles. The van der Waals surface area contributed by atoms with Crippen LogP contribution in [-0.4, -0.2) is 39.0 Å². The third-order valence-corrected chi connectivity index (χ3v) is 12.0. The molecule has 0 radical (unpaired) electrons. The van der Waals surface area contributed by atoms with E-state index in [1.165, 1.54) is 0 Å². The van der Waals surface area contributed by atoms with Crippen molar-refractivity contribution in [3.05, 3.63) is 195 Å². The van der Waals surface area contributed by atoms with Crippen molar-refractivity contribution >= 4 is 65.7 Å². The smallest absolute Gasteiger partial charge is 0.238 e. The molecule has 0 amide bonds. The predicted octanol–water partition coefficient (Wildman–Crippen LogP) is 12.8. The van der Waals surface area contributed by atoms with Crippen LogP contribution in [0.25, 0.3) is 123 Å². The molecule has 9 nitrogen and oxygen atoms in total. The minimum atomic E-state index is 0.537. The normalized spacial score (nSPS) is 11.8. The standard InChI is InChI=1S/C54H32N8O/c1-3-12-33(13-4-1)43-31-50(59-53(58-43)34-14-5-2-6-15-34)61-44-18-9-7-16-38(44)40-24-21-36(30-47(40)61)35-22-25-46-41(28-35)39-17-8-10-19-45(39)62(46)54-57-32-56-52(60-54)37-23-26-48-42(29-37)51-49(63-48)20-11-27-55-51/h1-32H. The second-order valence-corrected chi connectivity index (χ2v) is 15.6. The van der Waals surface area contributed by atoms with E-state index in [0.717, 1.165) is 105 Å². The molecule has 0 aliphatic heterocycles. The molecule has 0 bridgehead atoms. The van der Waals surface area contributed by atoms with Crippen molar-refractivity contribution in [2.75, 3.05) is 0 Å². The number of para-hydroxylation sites is 2. The first-order valence-corrected chi connectivity index (χ1v) is 20.8. The van der Waals surface area contributed by atoms with Crippen molar-refractivity contribution in [2.24, 2.45) is 0 Å². The molecule has 13 aromatic rings. The van der Waals surface area contributed by atoms with Crippen molar-refractivity contribution in [1.29, 1.82) is 0 Å². The number of furan rings is 1. The lowest BCUT2D eigenvalue weighted by molar-refractivity contribution is 0.668. The molecule has 6 aromatic heterocycles. The summed E-state index contributed by atoms with van der Waals surface area (Å²) in [7, 11) is 0. The Morgan fingerprint density at radius 2 is 1.03 bits per heavy atom. The minimum absolute atomic E-state index is 0.537. The number of hydrogen-bond donors (Lipinski definition) is 0. The van der Waals surface area contributed by atoms with Gasteiger partial charge >= 0.3 is 0 Å². The molecule has 13 rings (SSSR count). The quantitative estimate of drug-likeness (QED) is 0.165. The summed E-state index contributed by atoms with van der Waals surface area (Å²) in [5.41, 5.74) is 12.3. The highest BCUT2D eigenvalue weighted by Gasteiger charge is 2.20. The summed E-state index contributed by atoms with van der Waals surface area (Å²) in [4.78, 5) is 29.3. The Morgan fingerprint density at radius 3 is 1.87 bits per heavy atom. The van der Waals surface area contributed by atoms with Crippen LogP contribution in [0.1, 0.15) is 0 Å². The van der Waals surface area contributed by atoms with Crippen LogP contribution < -0.4 is 0 Å². The molecule has 63 heavy (non-hydrogen) atoms. The second-order valence-electron chi connectivity index (χ2n) is 15.6. The van der Waals surface area contributed by atoms with E-state index in [0.29, 0.717) is 17.6 Å². The molecule has 0 saturated heterocycles. The topological polar surface area (TPSA) is 100 Å². The minimum Gasteiger partial charge on any atom is -0.454 e. The van der Waals surface area contributed by atoms with Crippen molar-refractivity contribution in [3.63, 3.8) is 0 Å². The molecular weight excluding hydrogens is 777 g/mol. The number of aromatic nitrogens is 8. The highest BCUT2D eigenvalue weighted by atomic mass is 16.3. The van der Waals surface area contributed by atoms with E-state index in [2.05, 4.69) is 134 Å². The van der Waals surface area contributed by atoms with Gasteiger partial charge in [-0.3, -0.25) is 14.1 Å². The Bertz CT molecular complexity index is 3870. The van der Waals surface area contributed by atoms with Gasteiger partial charge in [0.2, 0.25) is 5.95 Å². The number of nitrogens with zero attached hydrogens (tertiary/aromatic N) is 8. The monoisotopic (exact) mass is 808 g/mol. The second kappa shape index (κ2) is 13.9. The van der Waals surface area contributed by atoms with Crippen molar-refractivity contribution in [3.8, 4) is 56.9 Å². The van der Waals surface area contributed by atoms with E-state index in [4.69, 9.17) is 24.4 Å². The number of fused-ring (bicyclic) bond motifs is 9. The molecule has 9 heteroatoms. The third-order valence-electron chi connectivity index (χ3n) is 12.0. The lowest BCUT2D eigenvalue weighted by Crippen LogP contribution is -2.03. The number of rotatable bonds is 6.